The average Bonchev–Trinajstić information content (AvgIpc) is 2.74. The summed E-state index contributed by atoms with van der Waals surface area (Å²) < 4.78 is 1.36. The Labute approximate surface area is 155 Å². The number of hydrogen-bond acceptors (Lipinski definition) is 4. The third-order valence-electron chi connectivity index (χ3n) is 4.72. The van der Waals surface area contributed by atoms with Gasteiger partial charge in [-0.15, -0.1) is 0 Å². The molecule has 27 heavy (non-hydrogen) atoms. The molecule has 1 aliphatic rings. The van der Waals surface area contributed by atoms with Gasteiger partial charge < -0.3 is 9.80 Å². The highest BCUT2D eigenvalue weighted by atomic mass is 16.2. The van der Waals surface area contributed by atoms with Crippen LogP contribution in [-0.2, 0) is 0 Å². The van der Waals surface area contributed by atoms with Crippen LogP contribution in [-0.4, -0.2) is 57.2 Å². The maximum atomic E-state index is 12.8. The van der Waals surface area contributed by atoms with Crippen LogP contribution in [0.15, 0.2) is 65.7 Å². The highest BCUT2D eigenvalue weighted by molar-refractivity contribution is 5.95. The van der Waals surface area contributed by atoms with Crippen molar-refractivity contribution in [1.82, 2.24) is 19.2 Å². The number of nitrogens with zero attached hydrogens (tertiary/aromatic N) is 4. The van der Waals surface area contributed by atoms with E-state index in [1.54, 1.807) is 46.3 Å². The Hall–Kier alpha value is -3.48. The number of carbonyl (C=O) groups is 2. The van der Waals surface area contributed by atoms with E-state index in [9.17, 15) is 14.4 Å². The molecule has 4 rings (SSSR count). The topological polar surface area (TPSA) is 75.0 Å². The monoisotopic (exact) mass is 362 g/mol. The molecule has 2 amide bonds. The van der Waals surface area contributed by atoms with Gasteiger partial charge in [0.05, 0.1) is 0 Å². The van der Waals surface area contributed by atoms with Gasteiger partial charge >= 0.3 is 0 Å². The lowest BCUT2D eigenvalue weighted by Gasteiger charge is -2.34. The first kappa shape index (κ1) is 17.0. The molecule has 0 aliphatic carbocycles. The van der Waals surface area contributed by atoms with E-state index in [2.05, 4.69) is 4.98 Å². The van der Waals surface area contributed by atoms with Gasteiger partial charge in [0.25, 0.3) is 17.4 Å². The molecular formula is C20H18N4O3. The SMILES string of the molecule is O=C(c1ccccc1)N1CCN(C(=O)c2cnc3ccccn3c2=O)CC1. The minimum Gasteiger partial charge on any atom is -0.335 e. The maximum Gasteiger partial charge on any atom is 0.270 e. The van der Waals surface area contributed by atoms with Gasteiger partial charge in [0.2, 0.25) is 0 Å². The number of hydrogen-bond donors (Lipinski definition) is 0. The summed E-state index contributed by atoms with van der Waals surface area (Å²) in [5.74, 6) is -0.396. The van der Waals surface area contributed by atoms with Gasteiger partial charge in [-0.05, 0) is 24.3 Å². The molecule has 3 aromatic rings. The average molecular weight is 362 g/mol. The molecule has 2 aromatic heterocycles. The highest BCUT2D eigenvalue weighted by Gasteiger charge is 2.27. The molecule has 1 aromatic carbocycles. The van der Waals surface area contributed by atoms with Crippen molar-refractivity contribution in [2.45, 2.75) is 0 Å². The van der Waals surface area contributed by atoms with E-state index in [-0.39, 0.29) is 22.9 Å². The Morgan fingerprint density at radius 3 is 2.15 bits per heavy atom. The first-order valence-electron chi connectivity index (χ1n) is 8.75. The Morgan fingerprint density at radius 1 is 0.815 bits per heavy atom. The number of carbonyl (C=O) groups excluding carboxylic acids is 2. The second-order valence-corrected chi connectivity index (χ2v) is 6.36. The van der Waals surface area contributed by atoms with Gasteiger partial charge in [0, 0.05) is 44.1 Å². The molecule has 3 heterocycles. The molecule has 136 valence electrons. The van der Waals surface area contributed by atoms with E-state index in [0.29, 0.717) is 37.4 Å². The lowest BCUT2D eigenvalue weighted by atomic mass is 10.1. The standard InChI is InChI=1S/C20H18N4O3/c25-18(15-6-2-1-3-7-15)22-10-12-23(13-11-22)19(26)16-14-21-17-8-4-5-9-24(17)20(16)27/h1-9,14H,10-13H2. The Kier molecular flexibility index (Phi) is 4.42. The largest absolute Gasteiger partial charge is 0.335 e. The fraction of sp³-hybridized carbons (Fsp3) is 0.200. The summed E-state index contributed by atoms with van der Waals surface area (Å²) in [6.45, 7) is 1.63. The molecule has 0 unspecified atom stereocenters. The van der Waals surface area contributed by atoms with Crippen LogP contribution >= 0.6 is 0 Å². The third-order valence-corrected chi connectivity index (χ3v) is 4.72. The number of amides is 2. The van der Waals surface area contributed by atoms with E-state index in [1.807, 2.05) is 18.2 Å². The molecule has 0 radical (unpaired) electrons. The summed E-state index contributed by atoms with van der Waals surface area (Å²) in [5.41, 5.74) is 0.793. The van der Waals surface area contributed by atoms with Gasteiger partial charge in [0.15, 0.2) is 0 Å². The van der Waals surface area contributed by atoms with Crippen LogP contribution in [0.25, 0.3) is 5.65 Å². The van der Waals surface area contributed by atoms with Crippen LogP contribution < -0.4 is 5.56 Å². The van der Waals surface area contributed by atoms with Crippen molar-refractivity contribution in [2.24, 2.45) is 0 Å². The summed E-state index contributed by atoms with van der Waals surface area (Å²) in [6.07, 6.45) is 2.93. The van der Waals surface area contributed by atoms with Crippen molar-refractivity contribution in [3.8, 4) is 0 Å². The Balaban J connectivity index is 1.49. The van der Waals surface area contributed by atoms with Crippen molar-refractivity contribution in [3.05, 3.63) is 82.4 Å². The molecule has 0 N–H and O–H groups in total. The normalized spacial score (nSPS) is 14.4. The number of piperazine rings is 1. The number of rotatable bonds is 2. The smallest absolute Gasteiger partial charge is 0.270 e. The maximum absolute atomic E-state index is 12.8. The van der Waals surface area contributed by atoms with Gasteiger partial charge in [-0.3, -0.25) is 18.8 Å². The molecule has 7 heteroatoms. The van der Waals surface area contributed by atoms with Crippen LogP contribution in [0, 0.1) is 0 Å². The van der Waals surface area contributed by atoms with Crippen LogP contribution in [0.4, 0.5) is 0 Å². The van der Waals surface area contributed by atoms with Crippen molar-refractivity contribution >= 4 is 17.5 Å². The first-order valence-corrected chi connectivity index (χ1v) is 8.75. The number of fused-ring (bicyclic) bond motifs is 1. The zero-order valence-electron chi connectivity index (χ0n) is 14.6. The molecule has 1 aliphatic heterocycles. The summed E-state index contributed by atoms with van der Waals surface area (Å²) >= 11 is 0. The van der Waals surface area contributed by atoms with Gasteiger partial charge in [-0.1, -0.05) is 24.3 Å². The minimum absolute atomic E-state index is 0.0431. The highest BCUT2D eigenvalue weighted by Crippen LogP contribution is 2.11. The van der Waals surface area contributed by atoms with E-state index in [4.69, 9.17) is 0 Å². The van der Waals surface area contributed by atoms with Gasteiger partial charge in [-0.2, -0.15) is 0 Å². The van der Waals surface area contributed by atoms with E-state index >= 15 is 0 Å². The predicted octanol–water partition coefficient (Wildman–Crippen LogP) is 1.29. The quantitative estimate of drug-likeness (QED) is 0.689. The molecule has 0 saturated carbocycles. The zero-order chi connectivity index (χ0) is 18.8. The number of pyridine rings is 1. The van der Waals surface area contributed by atoms with E-state index in [1.165, 1.54) is 10.6 Å². The summed E-state index contributed by atoms with van der Waals surface area (Å²) in [7, 11) is 0. The van der Waals surface area contributed by atoms with Crippen LogP contribution in [0.5, 0.6) is 0 Å². The van der Waals surface area contributed by atoms with Crippen LogP contribution in [0.2, 0.25) is 0 Å². The van der Waals surface area contributed by atoms with Crippen molar-refractivity contribution in [2.75, 3.05) is 26.2 Å². The van der Waals surface area contributed by atoms with Crippen molar-refractivity contribution < 1.29 is 9.59 Å². The summed E-state index contributed by atoms with van der Waals surface area (Å²) in [4.78, 5) is 45.4. The molecule has 0 bridgehead atoms. The number of benzene rings is 1. The predicted molar refractivity (Wildman–Crippen MR) is 99.7 cm³/mol. The fourth-order valence-corrected chi connectivity index (χ4v) is 3.22. The molecular weight excluding hydrogens is 344 g/mol. The molecule has 0 atom stereocenters. The molecule has 1 fully saturated rings. The lowest BCUT2D eigenvalue weighted by Crippen LogP contribution is -2.51. The molecule has 1 saturated heterocycles. The second-order valence-electron chi connectivity index (χ2n) is 6.36. The summed E-state index contributed by atoms with van der Waals surface area (Å²) in [6, 6.07) is 14.3. The van der Waals surface area contributed by atoms with Gasteiger partial charge in [-0.25, -0.2) is 4.98 Å². The van der Waals surface area contributed by atoms with Crippen molar-refractivity contribution in [1.29, 1.82) is 0 Å². The second kappa shape index (κ2) is 7.03. The van der Waals surface area contributed by atoms with E-state index < -0.39 is 0 Å². The summed E-state index contributed by atoms with van der Waals surface area (Å²) in [5, 5.41) is 0. The van der Waals surface area contributed by atoms with Crippen molar-refractivity contribution in [3.63, 3.8) is 0 Å². The Bertz CT molecular complexity index is 1050. The van der Waals surface area contributed by atoms with E-state index in [0.717, 1.165) is 0 Å². The number of aromatic nitrogens is 2. The van der Waals surface area contributed by atoms with Gasteiger partial charge in [0.1, 0.15) is 11.2 Å². The third kappa shape index (κ3) is 3.19. The Morgan fingerprint density at radius 2 is 1.44 bits per heavy atom. The minimum atomic E-state index is -0.381. The fourth-order valence-electron chi connectivity index (χ4n) is 3.22. The lowest BCUT2D eigenvalue weighted by molar-refractivity contribution is 0.0534. The van der Waals surface area contributed by atoms with Crippen LogP contribution in [0.3, 0.4) is 0 Å². The molecule has 7 nitrogen and oxygen atoms in total. The molecule has 0 spiro atoms. The van der Waals surface area contributed by atoms with Crippen LogP contribution in [0.1, 0.15) is 20.7 Å². The first-order chi connectivity index (χ1) is 13.1. The zero-order valence-corrected chi connectivity index (χ0v) is 14.6.